The molecule has 0 aliphatic heterocycles. The third-order valence-corrected chi connectivity index (χ3v) is 3.15. The maximum Gasteiger partial charge on any atom is 0.147 e. The summed E-state index contributed by atoms with van der Waals surface area (Å²) in [7, 11) is 0. The molecule has 1 aromatic rings. The maximum atomic E-state index is 13.5. The molecule has 0 aromatic carbocycles. The van der Waals surface area contributed by atoms with Gasteiger partial charge < -0.3 is 0 Å². The topological polar surface area (TPSA) is 12.9 Å². The van der Waals surface area contributed by atoms with Crippen LogP contribution in [0.3, 0.4) is 0 Å². The summed E-state index contributed by atoms with van der Waals surface area (Å²) in [6, 6.07) is 0. The maximum absolute atomic E-state index is 13.5. The first-order valence-corrected chi connectivity index (χ1v) is 5.58. The molecule has 1 nitrogen and oxygen atoms in total. The van der Waals surface area contributed by atoms with Crippen molar-refractivity contribution in [3.05, 3.63) is 29.6 Å². The summed E-state index contributed by atoms with van der Waals surface area (Å²) in [6.45, 7) is 0. The van der Waals surface area contributed by atoms with Crippen LogP contribution in [0.25, 0.3) is 0 Å². The fourth-order valence-corrected chi connectivity index (χ4v) is 2.38. The van der Waals surface area contributed by atoms with Crippen molar-refractivity contribution < 1.29 is 8.78 Å². The number of rotatable bonds is 1. The van der Waals surface area contributed by atoms with E-state index in [1.54, 1.807) is 0 Å². The van der Waals surface area contributed by atoms with Crippen molar-refractivity contribution in [1.82, 2.24) is 4.98 Å². The fraction of sp³-hybridized carbons (Fsp3) is 0.583. The minimum atomic E-state index is -0.484. The van der Waals surface area contributed by atoms with Crippen molar-refractivity contribution in [1.29, 1.82) is 0 Å². The molecule has 0 bridgehead atoms. The molecule has 0 spiro atoms. The van der Waals surface area contributed by atoms with Gasteiger partial charge >= 0.3 is 0 Å². The Bertz CT molecular complexity index is 310. The normalized spacial score (nSPS) is 18.8. The molecule has 82 valence electrons. The van der Waals surface area contributed by atoms with E-state index in [1.165, 1.54) is 12.8 Å². The van der Waals surface area contributed by atoms with Crippen LogP contribution >= 0.6 is 0 Å². The monoisotopic (exact) mass is 211 g/mol. The molecule has 0 N–H and O–H groups in total. The second kappa shape index (κ2) is 4.69. The predicted molar refractivity (Wildman–Crippen MR) is 54.6 cm³/mol. The highest BCUT2D eigenvalue weighted by Gasteiger charge is 2.21. The summed E-state index contributed by atoms with van der Waals surface area (Å²) in [5.74, 6) is -0.917. The average molecular weight is 211 g/mol. The molecule has 2 rings (SSSR count). The largest absolute Gasteiger partial charge is 0.259 e. The molecular weight excluding hydrogens is 196 g/mol. The number of pyridine rings is 1. The average Bonchev–Trinajstić information content (AvgIpc) is 2.46. The van der Waals surface area contributed by atoms with Crippen LogP contribution < -0.4 is 0 Å². The fourth-order valence-electron chi connectivity index (χ4n) is 2.38. The number of halogens is 2. The van der Waals surface area contributed by atoms with Gasteiger partial charge in [-0.05, 0) is 18.8 Å². The Balaban J connectivity index is 2.26. The molecule has 0 amide bonds. The molecular formula is C12H15F2N. The van der Waals surface area contributed by atoms with E-state index in [9.17, 15) is 8.78 Å². The zero-order valence-electron chi connectivity index (χ0n) is 8.68. The first-order valence-electron chi connectivity index (χ1n) is 5.58. The van der Waals surface area contributed by atoms with Crippen molar-refractivity contribution in [2.24, 2.45) is 0 Å². The molecule has 0 atom stereocenters. The highest BCUT2D eigenvalue weighted by atomic mass is 19.1. The van der Waals surface area contributed by atoms with Gasteiger partial charge in [0, 0.05) is 5.56 Å². The molecule has 15 heavy (non-hydrogen) atoms. The summed E-state index contributed by atoms with van der Waals surface area (Å²) in [4.78, 5) is 3.51. The molecule has 1 aliphatic rings. The summed E-state index contributed by atoms with van der Waals surface area (Å²) in [5, 5.41) is 0. The van der Waals surface area contributed by atoms with Crippen molar-refractivity contribution in [2.75, 3.05) is 0 Å². The highest BCUT2D eigenvalue weighted by molar-refractivity contribution is 5.20. The molecule has 0 unspecified atom stereocenters. The Labute approximate surface area is 88.5 Å². The van der Waals surface area contributed by atoms with Gasteiger partial charge in [-0.1, -0.05) is 25.7 Å². The van der Waals surface area contributed by atoms with Gasteiger partial charge in [-0.2, -0.15) is 0 Å². The first kappa shape index (κ1) is 10.5. The van der Waals surface area contributed by atoms with E-state index < -0.39 is 11.6 Å². The first-order chi connectivity index (χ1) is 7.29. The van der Waals surface area contributed by atoms with Gasteiger partial charge in [-0.15, -0.1) is 0 Å². The number of hydrogen-bond acceptors (Lipinski definition) is 1. The van der Waals surface area contributed by atoms with Crippen molar-refractivity contribution in [3.63, 3.8) is 0 Å². The lowest BCUT2D eigenvalue weighted by molar-refractivity contribution is 0.487. The zero-order valence-corrected chi connectivity index (χ0v) is 8.68. The molecule has 1 heterocycles. The predicted octanol–water partition coefficient (Wildman–Crippen LogP) is 3.80. The zero-order chi connectivity index (χ0) is 10.7. The second-order valence-corrected chi connectivity index (χ2v) is 4.21. The van der Waals surface area contributed by atoms with E-state index in [4.69, 9.17) is 0 Å². The van der Waals surface area contributed by atoms with Crippen LogP contribution in [0.5, 0.6) is 0 Å². The van der Waals surface area contributed by atoms with E-state index >= 15 is 0 Å². The number of nitrogens with zero attached hydrogens (tertiary/aromatic N) is 1. The summed E-state index contributed by atoms with van der Waals surface area (Å²) >= 11 is 0. The van der Waals surface area contributed by atoms with Gasteiger partial charge in [0.25, 0.3) is 0 Å². The Hall–Kier alpha value is -0.990. The van der Waals surface area contributed by atoms with Crippen LogP contribution in [0.15, 0.2) is 12.4 Å². The molecule has 1 aromatic heterocycles. The minimum absolute atomic E-state index is 0.0514. The molecule has 3 heteroatoms. The van der Waals surface area contributed by atoms with E-state index in [2.05, 4.69) is 4.98 Å². The summed E-state index contributed by atoms with van der Waals surface area (Å²) in [6.07, 6.45) is 8.55. The molecule has 1 fully saturated rings. The van der Waals surface area contributed by atoms with Gasteiger partial charge in [-0.3, -0.25) is 4.98 Å². The van der Waals surface area contributed by atoms with Crippen LogP contribution in [0.2, 0.25) is 0 Å². The number of hydrogen-bond donors (Lipinski definition) is 0. The van der Waals surface area contributed by atoms with Gasteiger partial charge in [0.1, 0.15) is 11.6 Å². The number of aromatic nitrogens is 1. The Morgan fingerprint density at radius 2 is 1.47 bits per heavy atom. The Morgan fingerprint density at radius 3 is 2.00 bits per heavy atom. The standard InChI is InChI=1S/C12H15F2N/c13-10-7-15-8-11(14)12(10)9-5-3-1-2-4-6-9/h7-9H,1-6H2. The van der Waals surface area contributed by atoms with Crippen molar-refractivity contribution >= 4 is 0 Å². The van der Waals surface area contributed by atoms with Gasteiger partial charge in [0.2, 0.25) is 0 Å². The van der Waals surface area contributed by atoms with Gasteiger partial charge in [-0.25, -0.2) is 8.78 Å². The second-order valence-electron chi connectivity index (χ2n) is 4.21. The third kappa shape index (κ3) is 2.33. The van der Waals surface area contributed by atoms with Crippen LogP contribution in [0.1, 0.15) is 50.0 Å². The van der Waals surface area contributed by atoms with Gasteiger partial charge in [0.05, 0.1) is 12.4 Å². The van der Waals surface area contributed by atoms with Crippen molar-refractivity contribution in [2.45, 2.75) is 44.4 Å². The Morgan fingerprint density at radius 1 is 0.933 bits per heavy atom. The molecule has 1 saturated carbocycles. The smallest absolute Gasteiger partial charge is 0.147 e. The minimum Gasteiger partial charge on any atom is -0.259 e. The molecule has 1 aliphatic carbocycles. The summed E-state index contributed by atoms with van der Waals surface area (Å²) in [5.41, 5.74) is 0.256. The van der Waals surface area contributed by atoms with Crippen molar-refractivity contribution in [3.8, 4) is 0 Å². The van der Waals surface area contributed by atoms with Gasteiger partial charge in [0.15, 0.2) is 0 Å². The highest BCUT2D eigenvalue weighted by Crippen LogP contribution is 2.33. The van der Waals surface area contributed by atoms with Crippen LogP contribution in [-0.4, -0.2) is 4.98 Å². The van der Waals surface area contributed by atoms with Crippen LogP contribution in [-0.2, 0) is 0 Å². The lowest BCUT2D eigenvalue weighted by Crippen LogP contribution is -2.04. The van der Waals surface area contributed by atoms with E-state index in [-0.39, 0.29) is 11.5 Å². The quantitative estimate of drug-likeness (QED) is 0.644. The van der Waals surface area contributed by atoms with Crippen LogP contribution in [0, 0.1) is 11.6 Å². The third-order valence-electron chi connectivity index (χ3n) is 3.15. The van der Waals surface area contributed by atoms with Crippen LogP contribution in [0.4, 0.5) is 8.78 Å². The summed E-state index contributed by atoms with van der Waals surface area (Å²) < 4.78 is 26.9. The molecule has 0 saturated heterocycles. The Kier molecular flexibility index (Phi) is 3.29. The van der Waals surface area contributed by atoms with E-state index in [1.807, 2.05) is 0 Å². The van der Waals surface area contributed by atoms with E-state index in [0.717, 1.165) is 38.1 Å². The molecule has 0 radical (unpaired) electrons. The lowest BCUT2D eigenvalue weighted by atomic mass is 9.92. The van der Waals surface area contributed by atoms with E-state index in [0.29, 0.717) is 0 Å². The lowest BCUT2D eigenvalue weighted by Gasteiger charge is -2.15. The SMILES string of the molecule is Fc1cncc(F)c1C1CCCCCC1.